The van der Waals surface area contributed by atoms with Crippen LogP contribution in [0, 0.1) is 4.91 Å². The summed E-state index contributed by atoms with van der Waals surface area (Å²) in [6.45, 7) is -0.610. The highest BCUT2D eigenvalue weighted by Gasteiger charge is 2.70. The minimum atomic E-state index is -1.80. The summed E-state index contributed by atoms with van der Waals surface area (Å²) in [5.41, 5.74) is -1.80. The lowest BCUT2D eigenvalue weighted by Gasteiger charge is -2.52. The van der Waals surface area contributed by atoms with Crippen molar-refractivity contribution in [2.45, 2.75) is 24.0 Å². The second-order valence-electron chi connectivity index (χ2n) is 2.93. The van der Waals surface area contributed by atoms with Gasteiger partial charge < -0.3 is 19.7 Å². The zero-order valence-electron chi connectivity index (χ0n) is 6.41. The summed E-state index contributed by atoms with van der Waals surface area (Å²) < 4.78 is 9.37. The van der Waals surface area contributed by atoms with E-state index in [1.165, 1.54) is 0 Å². The van der Waals surface area contributed by atoms with Crippen LogP contribution in [0.5, 0.6) is 0 Å². The van der Waals surface area contributed by atoms with Crippen molar-refractivity contribution in [3.05, 3.63) is 4.91 Å². The van der Waals surface area contributed by atoms with E-state index in [9.17, 15) is 14.8 Å². The molecule has 0 saturated carbocycles. The molecule has 3 fully saturated rings. The van der Waals surface area contributed by atoms with Gasteiger partial charge in [-0.1, -0.05) is 0 Å². The van der Waals surface area contributed by atoms with E-state index in [0.717, 1.165) is 0 Å². The van der Waals surface area contributed by atoms with E-state index in [1.54, 1.807) is 0 Å². The highest BCUT2D eigenvalue weighted by Crippen LogP contribution is 2.43. The third-order valence-electron chi connectivity index (χ3n) is 2.29. The lowest BCUT2D eigenvalue weighted by atomic mass is 9.86. The van der Waals surface area contributed by atoms with Gasteiger partial charge in [0.25, 0.3) is 5.72 Å². The predicted octanol–water partition coefficient (Wildman–Crippen LogP) is -1.87. The topological polar surface area (TPSA) is 105 Å². The van der Waals surface area contributed by atoms with Crippen molar-refractivity contribution in [2.75, 3.05) is 6.61 Å². The first-order chi connectivity index (χ1) is 6.15. The Morgan fingerprint density at radius 2 is 2.31 bits per heavy atom. The summed E-state index contributed by atoms with van der Waals surface area (Å²) >= 11 is 0. The molecule has 13 heavy (non-hydrogen) atoms. The zero-order chi connectivity index (χ0) is 9.64. The van der Waals surface area contributed by atoms with Gasteiger partial charge in [-0.15, -0.1) is 4.91 Å². The van der Waals surface area contributed by atoms with Gasteiger partial charge in [-0.05, 0) is 5.18 Å². The summed E-state index contributed by atoms with van der Waals surface area (Å²) in [5.74, 6) is -0.780. The van der Waals surface area contributed by atoms with Crippen LogP contribution in [0.25, 0.3) is 0 Å². The quantitative estimate of drug-likeness (QED) is 0.389. The second-order valence-corrected chi connectivity index (χ2v) is 2.93. The predicted molar refractivity (Wildman–Crippen MR) is 36.4 cm³/mol. The highest BCUT2D eigenvalue weighted by molar-refractivity contribution is 5.79. The number of ether oxygens (including phenoxy) is 2. The fourth-order valence-corrected chi connectivity index (χ4v) is 1.52. The van der Waals surface area contributed by atoms with E-state index in [0.29, 0.717) is 0 Å². The molecule has 3 aliphatic rings. The molecule has 3 saturated heterocycles. The molecule has 0 aromatic carbocycles. The van der Waals surface area contributed by atoms with E-state index >= 15 is 0 Å². The third-order valence-corrected chi connectivity index (χ3v) is 2.29. The Balaban J connectivity index is 2.29. The molecular weight excluding hydrogens is 182 g/mol. The van der Waals surface area contributed by atoms with Crippen LogP contribution in [-0.4, -0.2) is 46.8 Å². The van der Waals surface area contributed by atoms with E-state index in [4.69, 9.17) is 9.84 Å². The van der Waals surface area contributed by atoms with Gasteiger partial charge in [0, 0.05) is 0 Å². The van der Waals surface area contributed by atoms with Crippen molar-refractivity contribution >= 4 is 5.97 Å². The van der Waals surface area contributed by atoms with Crippen LogP contribution in [0.4, 0.5) is 0 Å². The molecule has 7 nitrogen and oxygen atoms in total. The van der Waals surface area contributed by atoms with Crippen LogP contribution < -0.4 is 0 Å². The van der Waals surface area contributed by atoms with E-state index in [2.05, 4.69) is 9.91 Å². The SMILES string of the molecule is O=N[C@@]12O[C@@H](C(=O)O[C@@H]1CO)[C@H]2O. The Hall–Kier alpha value is -1.05. The largest absolute Gasteiger partial charge is 0.452 e. The molecule has 0 aromatic rings. The third kappa shape index (κ3) is 0.808. The zero-order valence-corrected chi connectivity index (χ0v) is 6.41. The van der Waals surface area contributed by atoms with Gasteiger partial charge in [-0.2, -0.15) is 0 Å². The summed E-state index contributed by atoms with van der Waals surface area (Å²) in [4.78, 5) is 21.3. The fourth-order valence-electron chi connectivity index (χ4n) is 1.52. The summed E-state index contributed by atoms with van der Waals surface area (Å²) in [7, 11) is 0. The number of carbonyl (C=O) groups excluding carboxylic acids is 1. The molecule has 2 bridgehead atoms. The summed E-state index contributed by atoms with van der Waals surface area (Å²) in [6, 6.07) is 0. The number of aliphatic hydroxyl groups excluding tert-OH is 2. The Morgan fingerprint density at radius 3 is 2.77 bits per heavy atom. The van der Waals surface area contributed by atoms with Crippen molar-refractivity contribution in [3.8, 4) is 0 Å². The number of nitroso groups, excluding NO2 is 1. The van der Waals surface area contributed by atoms with Crippen LogP contribution in [0.2, 0.25) is 0 Å². The average Bonchev–Trinajstić information content (AvgIpc) is 2.15. The Morgan fingerprint density at radius 1 is 1.62 bits per heavy atom. The van der Waals surface area contributed by atoms with Crippen LogP contribution in [0.1, 0.15) is 0 Å². The van der Waals surface area contributed by atoms with Crippen molar-refractivity contribution in [3.63, 3.8) is 0 Å². The minimum absolute atomic E-state index is 0.610. The first kappa shape index (κ1) is 8.54. The van der Waals surface area contributed by atoms with Gasteiger partial charge in [-0.25, -0.2) is 4.79 Å². The molecule has 72 valence electrons. The number of hydrogen-bond acceptors (Lipinski definition) is 7. The first-order valence-electron chi connectivity index (χ1n) is 3.67. The lowest BCUT2D eigenvalue weighted by Crippen LogP contribution is -2.76. The summed E-state index contributed by atoms with van der Waals surface area (Å²) in [5, 5.41) is 20.6. The summed E-state index contributed by atoms with van der Waals surface area (Å²) in [6.07, 6.45) is -3.67. The van der Waals surface area contributed by atoms with Gasteiger partial charge >= 0.3 is 5.97 Å². The molecule has 0 amide bonds. The van der Waals surface area contributed by atoms with Crippen LogP contribution in [0.15, 0.2) is 5.18 Å². The van der Waals surface area contributed by atoms with E-state index < -0.39 is 36.6 Å². The molecule has 2 N–H and O–H groups in total. The maximum atomic E-state index is 10.9. The van der Waals surface area contributed by atoms with Crippen LogP contribution in [0.3, 0.4) is 0 Å². The molecule has 0 spiro atoms. The number of nitrogens with zero attached hydrogens (tertiary/aromatic N) is 1. The maximum Gasteiger partial charge on any atom is 0.338 e. The number of fused-ring (bicyclic) bond motifs is 2. The van der Waals surface area contributed by atoms with E-state index in [-0.39, 0.29) is 0 Å². The van der Waals surface area contributed by atoms with Crippen molar-refractivity contribution in [1.29, 1.82) is 0 Å². The molecule has 3 aliphatic heterocycles. The smallest absolute Gasteiger partial charge is 0.338 e. The number of aliphatic hydroxyl groups is 2. The molecule has 3 heterocycles. The first-order valence-corrected chi connectivity index (χ1v) is 3.67. The molecule has 7 heteroatoms. The van der Waals surface area contributed by atoms with Crippen molar-refractivity contribution in [1.82, 2.24) is 0 Å². The van der Waals surface area contributed by atoms with Gasteiger partial charge in [0.1, 0.15) is 6.10 Å². The van der Waals surface area contributed by atoms with Gasteiger partial charge in [0.15, 0.2) is 12.2 Å². The number of hydrogen-bond donors (Lipinski definition) is 2. The average molecular weight is 189 g/mol. The number of carbonyl (C=O) groups is 1. The Bertz CT molecular complexity index is 268. The molecule has 0 radical (unpaired) electrons. The van der Waals surface area contributed by atoms with Gasteiger partial charge in [0.2, 0.25) is 0 Å². The van der Waals surface area contributed by atoms with Crippen molar-refractivity contribution in [2.24, 2.45) is 5.18 Å². The molecule has 0 aliphatic carbocycles. The van der Waals surface area contributed by atoms with Gasteiger partial charge in [-0.3, -0.25) is 0 Å². The maximum absolute atomic E-state index is 10.9. The lowest BCUT2D eigenvalue weighted by molar-refractivity contribution is -0.349. The number of esters is 1. The molecule has 0 unspecified atom stereocenters. The monoisotopic (exact) mass is 189 g/mol. The molecule has 4 atom stereocenters. The van der Waals surface area contributed by atoms with Crippen molar-refractivity contribution < 1.29 is 24.5 Å². The number of rotatable bonds is 2. The van der Waals surface area contributed by atoms with Crippen LogP contribution >= 0.6 is 0 Å². The normalized spacial score (nSPS) is 47.8. The molecule has 3 rings (SSSR count). The minimum Gasteiger partial charge on any atom is -0.452 e. The fraction of sp³-hybridized carbons (Fsp3) is 0.833. The van der Waals surface area contributed by atoms with Gasteiger partial charge in [0.05, 0.1) is 6.61 Å². The second kappa shape index (κ2) is 2.47. The van der Waals surface area contributed by atoms with E-state index in [1.807, 2.05) is 0 Å². The Labute approximate surface area is 72.2 Å². The highest BCUT2D eigenvalue weighted by atomic mass is 16.7. The molecular formula is C6H7NO6. The standard InChI is InChI=1S/C6H7NO6/c8-1-2-6(7-11)4(9)3(13-6)5(10)12-2/h2-4,8-9H,1H2/t2-,3-,4-,6-/m1/s1. The van der Waals surface area contributed by atoms with Crippen LogP contribution in [-0.2, 0) is 14.3 Å². The Kier molecular flexibility index (Phi) is 1.62. The molecule has 0 aromatic heterocycles.